The smallest absolute Gasteiger partial charge is 0.209 e. The van der Waals surface area contributed by atoms with Crippen LogP contribution in [-0.4, -0.2) is 28.7 Å². The average Bonchev–Trinajstić information content (AvgIpc) is 1.83. The van der Waals surface area contributed by atoms with E-state index in [0.29, 0.717) is 19.3 Å². The standard InChI is InChI=1S/C5H13NO4S2/c6-12(9,10)5-3-1-2-4-11(7)8/h1-5H2,(H,7,8)(H2,6,9,10). The van der Waals surface area contributed by atoms with Gasteiger partial charge in [0.2, 0.25) is 10.0 Å². The van der Waals surface area contributed by atoms with Gasteiger partial charge in [0.1, 0.15) is 0 Å². The number of hydrogen-bond donors (Lipinski definition) is 2. The predicted octanol–water partition coefficient (Wildman–Crippen LogP) is -0.333. The molecule has 7 heteroatoms. The van der Waals surface area contributed by atoms with E-state index in [1.54, 1.807) is 0 Å². The van der Waals surface area contributed by atoms with Gasteiger partial charge in [0, 0.05) is 5.75 Å². The van der Waals surface area contributed by atoms with Crippen molar-refractivity contribution in [2.45, 2.75) is 19.3 Å². The third-order valence-electron chi connectivity index (χ3n) is 1.25. The molecule has 0 aliphatic heterocycles. The SMILES string of the molecule is NS(=O)(=O)CCCCCS(=O)O. The van der Waals surface area contributed by atoms with Crippen molar-refractivity contribution in [1.82, 2.24) is 0 Å². The fourth-order valence-electron chi connectivity index (χ4n) is 0.706. The Balaban J connectivity index is 3.29. The van der Waals surface area contributed by atoms with Crippen LogP contribution in [0.2, 0.25) is 0 Å². The average molecular weight is 215 g/mol. The van der Waals surface area contributed by atoms with Gasteiger partial charge in [-0.25, -0.2) is 17.8 Å². The van der Waals surface area contributed by atoms with Crippen molar-refractivity contribution < 1.29 is 17.2 Å². The Bertz CT molecular complexity index is 236. The van der Waals surface area contributed by atoms with Crippen LogP contribution in [0.4, 0.5) is 0 Å². The normalized spacial score (nSPS) is 14.5. The van der Waals surface area contributed by atoms with Crippen LogP contribution in [0.1, 0.15) is 19.3 Å². The third-order valence-corrected chi connectivity index (χ3v) is 2.74. The molecule has 0 saturated heterocycles. The van der Waals surface area contributed by atoms with Crippen molar-refractivity contribution in [2.75, 3.05) is 11.5 Å². The van der Waals surface area contributed by atoms with E-state index in [4.69, 9.17) is 9.69 Å². The van der Waals surface area contributed by atoms with E-state index in [0.717, 1.165) is 0 Å². The van der Waals surface area contributed by atoms with Crippen molar-refractivity contribution in [2.24, 2.45) is 5.14 Å². The summed E-state index contributed by atoms with van der Waals surface area (Å²) in [6.07, 6.45) is 1.62. The molecule has 0 fully saturated rings. The lowest BCUT2D eigenvalue weighted by molar-refractivity contribution is 0.559. The minimum Gasteiger partial charge on any atom is -0.306 e. The fourth-order valence-corrected chi connectivity index (χ4v) is 1.76. The zero-order valence-corrected chi connectivity index (χ0v) is 8.23. The molecule has 0 saturated carbocycles. The summed E-state index contributed by atoms with van der Waals surface area (Å²) in [5, 5.41) is 4.74. The molecule has 0 spiro atoms. The Morgan fingerprint density at radius 3 is 2.25 bits per heavy atom. The van der Waals surface area contributed by atoms with Gasteiger partial charge in [-0.1, -0.05) is 6.42 Å². The quantitative estimate of drug-likeness (QED) is 0.468. The highest BCUT2D eigenvalue weighted by Crippen LogP contribution is 1.97. The predicted molar refractivity (Wildman–Crippen MR) is 47.5 cm³/mol. The van der Waals surface area contributed by atoms with E-state index in [2.05, 4.69) is 0 Å². The van der Waals surface area contributed by atoms with E-state index in [9.17, 15) is 12.6 Å². The first kappa shape index (κ1) is 12.0. The Kier molecular flexibility index (Phi) is 5.64. The minimum absolute atomic E-state index is 0.0505. The van der Waals surface area contributed by atoms with Gasteiger partial charge in [-0.2, -0.15) is 0 Å². The Labute approximate surface area is 74.7 Å². The number of nitrogens with two attached hydrogens (primary N) is 1. The second kappa shape index (κ2) is 5.63. The lowest BCUT2D eigenvalue weighted by Crippen LogP contribution is -2.16. The summed E-state index contributed by atoms with van der Waals surface area (Å²) in [4.78, 5) is 0. The van der Waals surface area contributed by atoms with Gasteiger partial charge in [0.05, 0.1) is 5.75 Å². The van der Waals surface area contributed by atoms with E-state index in [1.807, 2.05) is 0 Å². The summed E-state index contributed by atoms with van der Waals surface area (Å²) in [6.45, 7) is 0. The van der Waals surface area contributed by atoms with Gasteiger partial charge in [-0.3, -0.25) is 0 Å². The number of rotatable bonds is 6. The van der Waals surface area contributed by atoms with Crippen molar-refractivity contribution >= 4 is 21.1 Å². The molecular formula is C5H13NO4S2. The highest BCUT2D eigenvalue weighted by molar-refractivity contribution is 7.89. The summed E-state index contributed by atoms with van der Waals surface area (Å²) in [6, 6.07) is 0. The van der Waals surface area contributed by atoms with E-state index in [-0.39, 0.29) is 11.5 Å². The van der Waals surface area contributed by atoms with Crippen LogP contribution in [0.25, 0.3) is 0 Å². The van der Waals surface area contributed by atoms with E-state index >= 15 is 0 Å². The maximum absolute atomic E-state index is 10.4. The fraction of sp³-hybridized carbons (Fsp3) is 1.00. The molecule has 5 nitrogen and oxygen atoms in total. The first-order chi connectivity index (χ1) is 5.42. The van der Waals surface area contributed by atoms with Crippen LogP contribution < -0.4 is 5.14 Å². The summed E-state index contributed by atoms with van der Waals surface area (Å²) >= 11 is -1.77. The van der Waals surface area contributed by atoms with Crippen LogP contribution in [-0.2, 0) is 21.1 Å². The lowest BCUT2D eigenvalue weighted by Gasteiger charge is -1.97. The third kappa shape index (κ3) is 10.0. The molecule has 74 valence electrons. The van der Waals surface area contributed by atoms with Crippen LogP contribution in [0.5, 0.6) is 0 Å². The Morgan fingerprint density at radius 2 is 1.83 bits per heavy atom. The maximum atomic E-state index is 10.4. The summed E-state index contributed by atoms with van der Waals surface area (Å²) in [7, 11) is -3.36. The Morgan fingerprint density at radius 1 is 1.25 bits per heavy atom. The second-order valence-corrected chi connectivity index (χ2v) is 5.24. The highest BCUT2D eigenvalue weighted by Gasteiger charge is 2.01. The molecule has 3 N–H and O–H groups in total. The van der Waals surface area contributed by atoms with Crippen LogP contribution >= 0.6 is 0 Å². The molecule has 0 radical (unpaired) electrons. The largest absolute Gasteiger partial charge is 0.306 e. The van der Waals surface area contributed by atoms with Crippen LogP contribution in [0.3, 0.4) is 0 Å². The number of primary sulfonamides is 1. The number of unbranched alkanes of at least 4 members (excludes halogenated alkanes) is 2. The van der Waals surface area contributed by atoms with Crippen LogP contribution in [0.15, 0.2) is 0 Å². The van der Waals surface area contributed by atoms with E-state index < -0.39 is 21.1 Å². The molecule has 0 aromatic rings. The van der Waals surface area contributed by atoms with Gasteiger partial charge in [0.15, 0.2) is 11.1 Å². The molecule has 0 aromatic heterocycles. The van der Waals surface area contributed by atoms with E-state index in [1.165, 1.54) is 0 Å². The maximum Gasteiger partial charge on any atom is 0.209 e. The molecule has 0 aliphatic rings. The van der Waals surface area contributed by atoms with Crippen molar-refractivity contribution in [3.8, 4) is 0 Å². The monoisotopic (exact) mass is 215 g/mol. The first-order valence-electron chi connectivity index (χ1n) is 3.50. The number of hydrogen-bond acceptors (Lipinski definition) is 3. The van der Waals surface area contributed by atoms with Gasteiger partial charge in [-0.05, 0) is 12.8 Å². The second-order valence-electron chi connectivity index (χ2n) is 2.45. The van der Waals surface area contributed by atoms with Gasteiger partial charge in [0.25, 0.3) is 0 Å². The molecule has 0 aliphatic carbocycles. The van der Waals surface area contributed by atoms with Crippen molar-refractivity contribution in [3.05, 3.63) is 0 Å². The van der Waals surface area contributed by atoms with Crippen molar-refractivity contribution in [1.29, 1.82) is 0 Å². The zero-order valence-electron chi connectivity index (χ0n) is 6.60. The first-order valence-corrected chi connectivity index (χ1v) is 6.49. The molecule has 0 aromatic carbocycles. The lowest BCUT2D eigenvalue weighted by atomic mass is 10.3. The summed E-state index contributed by atoms with van der Waals surface area (Å²) in [5.74, 6) is 0.148. The van der Waals surface area contributed by atoms with Gasteiger partial charge < -0.3 is 4.55 Å². The van der Waals surface area contributed by atoms with Crippen LogP contribution in [0, 0.1) is 0 Å². The molecule has 1 atom stereocenters. The summed E-state index contributed by atoms with van der Waals surface area (Å²) in [5.41, 5.74) is 0. The molecule has 0 bridgehead atoms. The van der Waals surface area contributed by atoms with Gasteiger partial charge in [-0.15, -0.1) is 0 Å². The topological polar surface area (TPSA) is 97.5 Å². The molecule has 0 amide bonds. The van der Waals surface area contributed by atoms with Crippen molar-refractivity contribution in [3.63, 3.8) is 0 Å². The molecule has 12 heavy (non-hydrogen) atoms. The summed E-state index contributed by atoms with van der Waals surface area (Å²) < 4.78 is 39.3. The molecule has 1 unspecified atom stereocenters. The minimum atomic E-state index is -3.36. The molecule has 0 heterocycles. The van der Waals surface area contributed by atoms with Gasteiger partial charge >= 0.3 is 0 Å². The molecular weight excluding hydrogens is 202 g/mol. The number of sulfonamides is 1. The Hall–Kier alpha value is 0.0200. The zero-order chi connectivity index (χ0) is 9.61. The molecule has 0 rings (SSSR count). The highest BCUT2D eigenvalue weighted by atomic mass is 32.2.